The maximum atomic E-state index is 11.7. The molecule has 0 bridgehead atoms. The van der Waals surface area contributed by atoms with Gasteiger partial charge in [-0.25, -0.2) is 0 Å². The van der Waals surface area contributed by atoms with Gasteiger partial charge in [0.1, 0.15) is 0 Å². The Bertz CT molecular complexity index is 452. The zero-order chi connectivity index (χ0) is 11.9. The van der Waals surface area contributed by atoms with Crippen molar-refractivity contribution in [2.45, 2.75) is 11.8 Å². The number of alkyl halides is 1. The van der Waals surface area contributed by atoms with Gasteiger partial charge in [-0.2, -0.15) is 0 Å². The summed E-state index contributed by atoms with van der Waals surface area (Å²) >= 11 is 21.3. The van der Waals surface area contributed by atoms with Crippen LogP contribution in [0.2, 0.25) is 10.0 Å². The van der Waals surface area contributed by atoms with Gasteiger partial charge in [0.25, 0.3) is 0 Å². The lowest BCUT2D eigenvalue weighted by atomic mass is 10.3. The summed E-state index contributed by atoms with van der Waals surface area (Å²) < 4.78 is 0.706. The van der Waals surface area contributed by atoms with Crippen molar-refractivity contribution in [1.82, 2.24) is 0 Å². The van der Waals surface area contributed by atoms with Gasteiger partial charge in [0.05, 0.1) is 21.1 Å². The lowest BCUT2D eigenvalue weighted by Gasteiger charge is -2.18. The van der Waals surface area contributed by atoms with Gasteiger partial charge in [0, 0.05) is 17.4 Å². The Balaban J connectivity index is 2.42. The SMILES string of the molecule is O=C1CC(Cl)CN1c1ccc(Br)c(Cl)c1Cl. The zero-order valence-electron chi connectivity index (χ0n) is 8.01. The monoisotopic (exact) mass is 341 g/mol. The van der Waals surface area contributed by atoms with E-state index in [1.54, 1.807) is 17.0 Å². The van der Waals surface area contributed by atoms with Crippen molar-refractivity contribution in [1.29, 1.82) is 0 Å². The van der Waals surface area contributed by atoms with E-state index in [1.807, 2.05) is 0 Å². The molecule has 1 fully saturated rings. The number of rotatable bonds is 1. The van der Waals surface area contributed by atoms with Crippen molar-refractivity contribution in [2.75, 3.05) is 11.4 Å². The number of carbonyl (C=O) groups is 1. The van der Waals surface area contributed by atoms with Crippen molar-refractivity contribution in [3.8, 4) is 0 Å². The van der Waals surface area contributed by atoms with E-state index in [0.29, 0.717) is 33.2 Å². The molecule has 0 aliphatic carbocycles. The lowest BCUT2D eigenvalue weighted by molar-refractivity contribution is -0.117. The van der Waals surface area contributed by atoms with Crippen LogP contribution in [0.3, 0.4) is 0 Å². The molecule has 1 atom stereocenters. The largest absolute Gasteiger partial charge is 0.309 e. The maximum Gasteiger partial charge on any atom is 0.228 e. The second-order valence-corrected chi connectivity index (χ2v) is 5.73. The molecule has 2 rings (SSSR count). The van der Waals surface area contributed by atoms with Gasteiger partial charge in [-0.05, 0) is 28.1 Å². The summed E-state index contributed by atoms with van der Waals surface area (Å²) in [5, 5.41) is 0.617. The highest BCUT2D eigenvalue weighted by molar-refractivity contribution is 9.10. The fraction of sp³-hybridized carbons (Fsp3) is 0.300. The summed E-state index contributed by atoms with van der Waals surface area (Å²) in [5.41, 5.74) is 0.614. The molecule has 0 spiro atoms. The lowest BCUT2D eigenvalue weighted by Crippen LogP contribution is -2.24. The Labute approximate surface area is 117 Å². The van der Waals surface area contributed by atoms with Crippen LogP contribution in [-0.4, -0.2) is 17.8 Å². The van der Waals surface area contributed by atoms with Crippen LogP contribution in [0.25, 0.3) is 0 Å². The molecule has 16 heavy (non-hydrogen) atoms. The molecule has 0 saturated carbocycles. The highest BCUT2D eigenvalue weighted by atomic mass is 79.9. The molecule has 1 aromatic rings. The van der Waals surface area contributed by atoms with Gasteiger partial charge >= 0.3 is 0 Å². The number of amides is 1. The van der Waals surface area contributed by atoms with E-state index in [2.05, 4.69) is 15.9 Å². The molecule has 1 aliphatic heterocycles. The Kier molecular flexibility index (Phi) is 3.69. The Morgan fingerprint density at radius 2 is 2.00 bits per heavy atom. The second kappa shape index (κ2) is 4.73. The minimum Gasteiger partial charge on any atom is -0.309 e. The molecule has 1 amide bonds. The third-order valence-corrected chi connectivity index (χ3v) is 4.44. The summed E-state index contributed by atoms with van der Waals surface area (Å²) in [5.74, 6) is -0.0275. The number of halogens is 4. The zero-order valence-corrected chi connectivity index (χ0v) is 11.9. The minimum absolute atomic E-state index is 0.0275. The Hall–Kier alpha value is 0.0400. The summed E-state index contributed by atoms with van der Waals surface area (Å²) in [6.07, 6.45) is 0.339. The van der Waals surface area contributed by atoms with Gasteiger partial charge in [-0.3, -0.25) is 4.79 Å². The highest BCUT2D eigenvalue weighted by Crippen LogP contribution is 2.39. The van der Waals surface area contributed by atoms with Crippen LogP contribution in [0.4, 0.5) is 5.69 Å². The molecule has 86 valence electrons. The standard InChI is InChI=1S/C10H7BrCl3NO/c11-6-1-2-7(10(14)9(6)13)15-4-5(12)3-8(15)16/h1-2,5H,3-4H2. The predicted octanol–water partition coefficient (Wildman–Crippen LogP) is 4.10. The molecule has 1 heterocycles. The van der Waals surface area contributed by atoms with Gasteiger partial charge in [0.15, 0.2) is 0 Å². The van der Waals surface area contributed by atoms with E-state index >= 15 is 0 Å². The molecule has 2 nitrogen and oxygen atoms in total. The molecular formula is C10H7BrCl3NO. The third-order valence-electron chi connectivity index (χ3n) is 2.38. The number of hydrogen-bond donors (Lipinski definition) is 0. The van der Waals surface area contributed by atoms with Crippen molar-refractivity contribution < 1.29 is 4.79 Å². The second-order valence-electron chi connectivity index (χ2n) is 3.50. The molecule has 0 radical (unpaired) electrons. The van der Waals surface area contributed by atoms with Gasteiger partial charge in [-0.1, -0.05) is 23.2 Å². The molecule has 0 aromatic heterocycles. The molecule has 1 unspecified atom stereocenters. The first kappa shape index (κ1) is 12.5. The first-order chi connectivity index (χ1) is 7.50. The predicted molar refractivity (Wildman–Crippen MR) is 70.8 cm³/mol. The third kappa shape index (κ3) is 2.19. The fourth-order valence-electron chi connectivity index (χ4n) is 1.62. The molecule has 1 saturated heterocycles. The van der Waals surface area contributed by atoms with Crippen LogP contribution < -0.4 is 4.90 Å². The Morgan fingerprint density at radius 1 is 1.31 bits per heavy atom. The van der Waals surface area contributed by atoms with E-state index in [1.165, 1.54) is 0 Å². The number of nitrogens with zero attached hydrogens (tertiary/aromatic N) is 1. The topological polar surface area (TPSA) is 20.3 Å². The first-order valence-electron chi connectivity index (χ1n) is 4.58. The van der Waals surface area contributed by atoms with Crippen LogP contribution in [0, 0.1) is 0 Å². The van der Waals surface area contributed by atoms with Crippen LogP contribution in [0.15, 0.2) is 16.6 Å². The summed E-state index contributed by atoms with van der Waals surface area (Å²) in [6, 6.07) is 3.52. The van der Waals surface area contributed by atoms with E-state index in [0.717, 1.165) is 0 Å². The molecule has 6 heteroatoms. The normalized spacial score (nSPS) is 20.6. The number of carbonyl (C=O) groups excluding carboxylic acids is 1. The molecule has 1 aliphatic rings. The number of benzene rings is 1. The van der Waals surface area contributed by atoms with Crippen molar-refractivity contribution in [3.63, 3.8) is 0 Å². The first-order valence-corrected chi connectivity index (χ1v) is 6.57. The van der Waals surface area contributed by atoms with Crippen LogP contribution in [-0.2, 0) is 4.79 Å². The highest BCUT2D eigenvalue weighted by Gasteiger charge is 2.30. The van der Waals surface area contributed by atoms with Crippen molar-refractivity contribution in [3.05, 3.63) is 26.7 Å². The molecule has 0 N–H and O–H groups in total. The maximum absolute atomic E-state index is 11.7. The minimum atomic E-state index is -0.161. The summed E-state index contributed by atoms with van der Waals surface area (Å²) in [7, 11) is 0. The smallest absolute Gasteiger partial charge is 0.228 e. The number of hydrogen-bond acceptors (Lipinski definition) is 1. The van der Waals surface area contributed by atoms with Crippen molar-refractivity contribution >= 4 is 62.3 Å². The van der Waals surface area contributed by atoms with E-state index in [-0.39, 0.29) is 11.3 Å². The van der Waals surface area contributed by atoms with E-state index in [4.69, 9.17) is 34.8 Å². The summed E-state index contributed by atoms with van der Waals surface area (Å²) in [6.45, 7) is 0.470. The van der Waals surface area contributed by atoms with Gasteiger partial charge in [-0.15, -0.1) is 11.6 Å². The number of anilines is 1. The quantitative estimate of drug-likeness (QED) is 0.555. The van der Waals surface area contributed by atoms with Crippen molar-refractivity contribution in [2.24, 2.45) is 0 Å². The molecular weight excluding hydrogens is 336 g/mol. The average molecular weight is 343 g/mol. The average Bonchev–Trinajstić information content (AvgIpc) is 2.55. The van der Waals surface area contributed by atoms with Gasteiger partial charge < -0.3 is 4.90 Å². The molecule has 1 aromatic carbocycles. The van der Waals surface area contributed by atoms with Gasteiger partial charge in [0.2, 0.25) is 5.91 Å². The van der Waals surface area contributed by atoms with Crippen LogP contribution >= 0.6 is 50.7 Å². The van der Waals surface area contributed by atoms with E-state index in [9.17, 15) is 4.79 Å². The van der Waals surface area contributed by atoms with Crippen LogP contribution in [0.1, 0.15) is 6.42 Å². The summed E-state index contributed by atoms with van der Waals surface area (Å²) in [4.78, 5) is 13.2. The fourth-order valence-corrected chi connectivity index (χ4v) is 2.76. The van der Waals surface area contributed by atoms with E-state index < -0.39 is 0 Å². The Morgan fingerprint density at radius 3 is 2.56 bits per heavy atom. The van der Waals surface area contributed by atoms with Crippen LogP contribution in [0.5, 0.6) is 0 Å².